The monoisotopic (exact) mass is 471 g/mol. The molecule has 1 aromatic heterocycles. The summed E-state index contributed by atoms with van der Waals surface area (Å²) in [6.45, 7) is 6.84. The van der Waals surface area contributed by atoms with Crippen LogP contribution in [0.5, 0.6) is 17.2 Å². The Bertz CT molecular complexity index is 1350. The van der Waals surface area contributed by atoms with Crippen LogP contribution in [-0.2, 0) is 4.79 Å². The fourth-order valence-electron chi connectivity index (χ4n) is 3.91. The first kappa shape index (κ1) is 24.0. The Hall–Kier alpha value is -4.19. The van der Waals surface area contributed by atoms with Gasteiger partial charge in [0, 0.05) is 34.3 Å². The van der Waals surface area contributed by atoms with Gasteiger partial charge in [-0.3, -0.25) is 4.79 Å². The molecule has 0 fully saturated rings. The maximum atomic E-state index is 12.8. The molecule has 1 amide bonds. The van der Waals surface area contributed by atoms with Crippen molar-refractivity contribution in [3.05, 3.63) is 78.6 Å². The summed E-state index contributed by atoms with van der Waals surface area (Å²) in [5.41, 5.74) is 4.92. The lowest BCUT2D eigenvalue weighted by Gasteiger charge is -2.12. The molecule has 0 bridgehead atoms. The van der Waals surface area contributed by atoms with Gasteiger partial charge in [-0.25, -0.2) is 0 Å². The summed E-state index contributed by atoms with van der Waals surface area (Å²) < 4.78 is 22.6. The Morgan fingerprint density at radius 3 is 2.46 bits per heavy atom. The Balaban J connectivity index is 1.66. The van der Waals surface area contributed by atoms with E-state index in [9.17, 15) is 4.79 Å². The third-order valence-electron chi connectivity index (χ3n) is 5.56. The highest BCUT2D eigenvalue weighted by atomic mass is 16.5. The van der Waals surface area contributed by atoms with Crippen LogP contribution in [0.3, 0.4) is 0 Å². The van der Waals surface area contributed by atoms with E-state index in [1.54, 1.807) is 19.4 Å². The molecule has 1 N–H and O–H groups in total. The predicted octanol–water partition coefficient (Wildman–Crippen LogP) is 6.95. The second-order valence-electron chi connectivity index (χ2n) is 7.93. The summed E-state index contributed by atoms with van der Waals surface area (Å²) in [5.74, 6) is 1.97. The smallest absolute Gasteiger partial charge is 0.248 e. The van der Waals surface area contributed by atoms with Gasteiger partial charge in [-0.1, -0.05) is 12.1 Å². The Morgan fingerprint density at radius 1 is 0.971 bits per heavy atom. The van der Waals surface area contributed by atoms with Gasteiger partial charge in [0.2, 0.25) is 5.91 Å². The standard InChI is InChI=1S/C29H29NO5/c1-5-33-22-12-10-21(11-13-22)30-29(31)14-19(3)24-16-25-26(20-8-7-9-23(15-20)32-4)18-35-28(25)17-27(24)34-6-2/h7-18H,5-6H2,1-4H3,(H,30,31)/b19-14+. The van der Waals surface area contributed by atoms with E-state index in [1.807, 2.05) is 81.4 Å². The summed E-state index contributed by atoms with van der Waals surface area (Å²) >= 11 is 0. The van der Waals surface area contributed by atoms with E-state index >= 15 is 0 Å². The molecule has 6 nitrogen and oxygen atoms in total. The quantitative estimate of drug-likeness (QED) is 0.268. The number of rotatable bonds is 9. The second-order valence-corrected chi connectivity index (χ2v) is 7.93. The number of anilines is 1. The van der Waals surface area contributed by atoms with E-state index in [0.717, 1.165) is 39.1 Å². The van der Waals surface area contributed by atoms with Crippen LogP contribution in [0.1, 0.15) is 26.3 Å². The number of benzene rings is 3. The molecule has 35 heavy (non-hydrogen) atoms. The molecule has 0 radical (unpaired) electrons. The number of amides is 1. The van der Waals surface area contributed by atoms with Gasteiger partial charge in [0.25, 0.3) is 0 Å². The molecule has 0 aliphatic carbocycles. The van der Waals surface area contributed by atoms with E-state index in [0.29, 0.717) is 30.2 Å². The summed E-state index contributed by atoms with van der Waals surface area (Å²) in [5, 5.41) is 3.83. The van der Waals surface area contributed by atoms with Crippen LogP contribution in [0, 0.1) is 0 Å². The highest BCUT2D eigenvalue weighted by molar-refractivity contribution is 6.05. The minimum atomic E-state index is -0.227. The second kappa shape index (κ2) is 10.8. The number of fused-ring (bicyclic) bond motifs is 1. The molecule has 0 aliphatic rings. The average molecular weight is 472 g/mol. The van der Waals surface area contributed by atoms with E-state index < -0.39 is 0 Å². The molecule has 4 aromatic rings. The number of methoxy groups -OCH3 is 1. The van der Waals surface area contributed by atoms with Crippen molar-refractivity contribution in [3.63, 3.8) is 0 Å². The zero-order valence-electron chi connectivity index (χ0n) is 20.4. The molecule has 6 heteroatoms. The van der Waals surface area contributed by atoms with Gasteiger partial charge in [0.15, 0.2) is 0 Å². The summed E-state index contributed by atoms with van der Waals surface area (Å²) in [7, 11) is 1.64. The van der Waals surface area contributed by atoms with Gasteiger partial charge in [-0.05, 0) is 74.4 Å². The molecule has 0 saturated heterocycles. The lowest BCUT2D eigenvalue weighted by atomic mass is 9.99. The predicted molar refractivity (Wildman–Crippen MR) is 139 cm³/mol. The minimum Gasteiger partial charge on any atom is -0.497 e. The highest BCUT2D eigenvalue weighted by Gasteiger charge is 2.16. The van der Waals surface area contributed by atoms with Crippen LogP contribution in [0.25, 0.3) is 27.7 Å². The van der Waals surface area contributed by atoms with Crippen molar-refractivity contribution in [2.75, 3.05) is 25.6 Å². The van der Waals surface area contributed by atoms with Crippen molar-refractivity contribution in [3.8, 4) is 28.4 Å². The lowest BCUT2D eigenvalue weighted by Crippen LogP contribution is -2.08. The Kier molecular flexibility index (Phi) is 7.41. The first-order valence-electron chi connectivity index (χ1n) is 11.6. The van der Waals surface area contributed by atoms with Crippen molar-refractivity contribution in [1.82, 2.24) is 0 Å². The normalized spacial score (nSPS) is 11.4. The number of hydrogen-bond acceptors (Lipinski definition) is 5. The van der Waals surface area contributed by atoms with Gasteiger partial charge in [0.1, 0.15) is 22.8 Å². The zero-order chi connectivity index (χ0) is 24.8. The third kappa shape index (κ3) is 5.49. The van der Waals surface area contributed by atoms with Gasteiger partial charge >= 0.3 is 0 Å². The molecular formula is C29H29NO5. The molecule has 180 valence electrons. The maximum absolute atomic E-state index is 12.8. The Labute approximate surface area is 205 Å². The summed E-state index contributed by atoms with van der Waals surface area (Å²) in [4.78, 5) is 12.8. The van der Waals surface area contributed by atoms with E-state index in [1.165, 1.54) is 0 Å². The number of nitrogens with one attached hydrogen (secondary N) is 1. The first-order valence-corrected chi connectivity index (χ1v) is 11.6. The van der Waals surface area contributed by atoms with E-state index in [2.05, 4.69) is 5.32 Å². The molecular weight excluding hydrogens is 442 g/mol. The van der Waals surface area contributed by atoms with E-state index in [-0.39, 0.29) is 5.91 Å². The van der Waals surface area contributed by atoms with Crippen molar-refractivity contribution < 1.29 is 23.4 Å². The van der Waals surface area contributed by atoms with Crippen LogP contribution in [0.15, 0.2) is 77.4 Å². The van der Waals surface area contributed by atoms with Gasteiger partial charge in [-0.15, -0.1) is 0 Å². The van der Waals surface area contributed by atoms with Crippen molar-refractivity contribution in [2.45, 2.75) is 20.8 Å². The molecule has 0 spiro atoms. The largest absolute Gasteiger partial charge is 0.497 e. The SMILES string of the molecule is CCOc1ccc(NC(=O)/C=C(\C)c2cc3c(-c4cccc(OC)c4)coc3cc2OCC)cc1. The first-order chi connectivity index (χ1) is 17.0. The van der Waals surface area contributed by atoms with Crippen LogP contribution < -0.4 is 19.5 Å². The number of hydrogen-bond donors (Lipinski definition) is 1. The number of allylic oxidation sites excluding steroid dienone is 1. The van der Waals surface area contributed by atoms with Gasteiger partial charge in [-0.2, -0.15) is 0 Å². The fraction of sp³-hybridized carbons (Fsp3) is 0.207. The van der Waals surface area contributed by atoms with Crippen LogP contribution in [-0.4, -0.2) is 26.2 Å². The minimum absolute atomic E-state index is 0.227. The Morgan fingerprint density at radius 2 is 1.74 bits per heavy atom. The molecule has 1 heterocycles. The molecule has 3 aromatic carbocycles. The number of carbonyl (C=O) groups is 1. The summed E-state index contributed by atoms with van der Waals surface area (Å²) in [6.07, 6.45) is 3.31. The third-order valence-corrected chi connectivity index (χ3v) is 5.56. The zero-order valence-corrected chi connectivity index (χ0v) is 20.4. The maximum Gasteiger partial charge on any atom is 0.248 e. The molecule has 0 saturated carbocycles. The van der Waals surface area contributed by atoms with Gasteiger partial charge < -0.3 is 23.9 Å². The van der Waals surface area contributed by atoms with Crippen molar-refractivity contribution >= 4 is 28.1 Å². The topological polar surface area (TPSA) is 69.9 Å². The summed E-state index contributed by atoms with van der Waals surface area (Å²) in [6, 6.07) is 19.0. The van der Waals surface area contributed by atoms with Gasteiger partial charge in [0.05, 0.1) is 26.6 Å². The van der Waals surface area contributed by atoms with E-state index in [4.69, 9.17) is 18.6 Å². The number of carbonyl (C=O) groups excluding carboxylic acids is 1. The van der Waals surface area contributed by atoms with Crippen LogP contribution >= 0.6 is 0 Å². The molecule has 0 unspecified atom stereocenters. The number of furan rings is 1. The molecule has 0 atom stereocenters. The highest BCUT2D eigenvalue weighted by Crippen LogP contribution is 2.38. The average Bonchev–Trinajstić information content (AvgIpc) is 3.28. The number of ether oxygens (including phenoxy) is 3. The van der Waals surface area contributed by atoms with Crippen LogP contribution in [0.4, 0.5) is 5.69 Å². The van der Waals surface area contributed by atoms with Crippen LogP contribution in [0.2, 0.25) is 0 Å². The van der Waals surface area contributed by atoms with Crippen molar-refractivity contribution in [2.24, 2.45) is 0 Å². The fourth-order valence-corrected chi connectivity index (χ4v) is 3.91. The molecule has 4 rings (SSSR count). The van der Waals surface area contributed by atoms with Crippen molar-refractivity contribution in [1.29, 1.82) is 0 Å². The molecule has 0 aliphatic heterocycles. The lowest BCUT2D eigenvalue weighted by molar-refractivity contribution is -0.111.